The third-order valence-electron chi connectivity index (χ3n) is 5.35. The number of nitrogens with one attached hydrogen (secondary N) is 1. The third kappa shape index (κ3) is 5.54. The lowest BCUT2D eigenvalue weighted by atomic mass is 10.0. The van der Waals surface area contributed by atoms with E-state index in [0.717, 1.165) is 43.5 Å². The summed E-state index contributed by atoms with van der Waals surface area (Å²) in [5.74, 6) is -0.567. The molecule has 1 saturated heterocycles. The van der Waals surface area contributed by atoms with Crippen molar-refractivity contribution >= 4 is 15.7 Å². The number of halogens is 1. The molecule has 158 valence electrons. The molecule has 8 heteroatoms. The van der Waals surface area contributed by atoms with E-state index in [2.05, 4.69) is 33.7 Å². The average Bonchev–Trinajstić information content (AvgIpc) is 2.70. The zero-order chi connectivity index (χ0) is 21.0. The van der Waals surface area contributed by atoms with E-state index in [0.29, 0.717) is 0 Å². The maximum Gasteiger partial charge on any atom is 0.240 e. The van der Waals surface area contributed by atoms with E-state index in [4.69, 9.17) is 0 Å². The van der Waals surface area contributed by atoms with Crippen LogP contribution in [0.15, 0.2) is 53.4 Å². The Morgan fingerprint density at radius 2 is 1.72 bits per heavy atom. The molecule has 0 aromatic heterocycles. The number of piperazine rings is 1. The van der Waals surface area contributed by atoms with Gasteiger partial charge in [0.15, 0.2) is 0 Å². The number of likely N-dealkylation sites (N-methyl/N-ethyl adjacent to an activating group) is 1. The predicted octanol–water partition coefficient (Wildman–Crippen LogP) is 2.16. The molecule has 1 aliphatic rings. The molecule has 6 nitrogen and oxygen atoms in total. The van der Waals surface area contributed by atoms with Crippen LogP contribution in [-0.4, -0.2) is 72.1 Å². The van der Waals surface area contributed by atoms with Gasteiger partial charge in [0.2, 0.25) is 10.0 Å². The molecule has 29 heavy (non-hydrogen) atoms. The molecule has 0 amide bonds. The molecular formula is C21H29FN4O2S. The molecule has 1 atom stereocenters. The number of nitrogens with zero attached hydrogens (tertiary/aromatic N) is 3. The number of rotatable bonds is 7. The van der Waals surface area contributed by atoms with Crippen LogP contribution in [0.25, 0.3) is 0 Å². The summed E-state index contributed by atoms with van der Waals surface area (Å²) >= 11 is 0. The fourth-order valence-corrected chi connectivity index (χ4v) is 4.56. The van der Waals surface area contributed by atoms with E-state index in [1.807, 2.05) is 31.1 Å². The van der Waals surface area contributed by atoms with Crippen LogP contribution in [0.3, 0.4) is 0 Å². The van der Waals surface area contributed by atoms with Crippen molar-refractivity contribution in [2.45, 2.75) is 10.9 Å². The number of benzene rings is 2. The molecule has 0 saturated carbocycles. The normalized spacial score (nSPS) is 17.2. The van der Waals surface area contributed by atoms with E-state index in [1.165, 1.54) is 18.2 Å². The standard InChI is InChI=1S/C21H29FN4O2S/c1-24(2)19-9-7-17(8-10-19)21(26-13-11-25(3)12-14-26)16-23-29(27,28)20-6-4-5-18(22)15-20/h4-10,15,21,23H,11-14,16H2,1-3H3/t21-/m1/s1. The lowest BCUT2D eigenvalue weighted by Crippen LogP contribution is -2.48. The van der Waals surface area contributed by atoms with Gasteiger partial charge in [0.05, 0.1) is 4.90 Å². The fraction of sp³-hybridized carbons (Fsp3) is 0.429. The Hall–Kier alpha value is -2.00. The first-order valence-electron chi connectivity index (χ1n) is 9.71. The molecule has 0 aliphatic carbocycles. The van der Waals surface area contributed by atoms with Crippen molar-refractivity contribution < 1.29 is 12.8 Å². The second-order valence-corrected chi connectivity index (χ2v) is 9.42. The summed E-state index contributed by atoms with van der Waals surface area (Å²) in [5.41, 5.74) is 2.15. The summed E-state index contributed by atoms with van der Waals surface area (Å²) in [6.45, 7) is 3.81. The third-order valence-corrected chi connectivity index (χ3v) is 6.77. The highest BCUT2D eigenvalue weighted by molar-refractivity contribution is 7.89. The zero-order valence-corrected chi connectivity index (χ0v) is 18.0. The van der Waals surface area contributed by atoms with Crippen molar-refractivity contribution in [3.05, 3.63) is 59.9 Å². The van der Waals surface area contributed by atoms with Crippen molar-refractivity contribution in [3.63, 3.8) is 0 Å². The lowest BCUT2D eigenvalue weighted by molar-refractivity contribution is 0.113. The van der Waals surface area contributed by atoms with Gasteiger partial charge in [-0.15, -0.1) is 0 Å². The summed E-state index contributed by atoms with van der Waals surface area (Å²) in [7, 11) is 2.27. The van der Waals surface area contributed by atoms with E-state index >= 15 is 0 Å². The van der Waals surface area contributed by atoms with Crippen LogP contribution in [0.4, 0.5) is 10.1 Å². The van der Waals surface area contributed by atoms with Gasteiger partial charge in [-0.05, 0) is 42.9 Å². The first-order valence-corrected chi connectivity index (χ1v) is 11.2. The van der Waals surface area contributed by atoms with Gasteiger partial charge in [0.25, 0.3) is 0 Å². The molecule has 0 unspecified atom stereocenters. The van der Waals surface area contributed by atoms with Crippen molar-refractivity contribution in [2.24, 2.45) is 0 Å². The quantitative estimate of drug-likeness (QED) is 0.744. The Kier molecular flexibility index (Phi) is 6.89. The monoisotopic (exact) mass is 420 g/mol. The summed E-state index contributed by atoms with van der Waals surface area (Å²) in [6.07, 6.45) is 0. The molecular weight excluding hydrogens is 391 g/mol. The van der Waals surface area contributed by atoms with Crippen LogP contribution in [0, 0.1) is 5.82 Å². The first-order chi connectivity index (χ1) is 13.8. The molecule has 2 aromatic carbocycles. The summed E-state index contributed by atoms with van der Waals surface area (Å²) in [6, 6.07) is 13.2. The first kappa shape index (κ1) is 21.7. The molecule has 0 spiro atoms. The van der Waals surface area contributed by atoms with Crippen molar-refractivity contribution in [1.29, 1.82) is 0 Å². The van der Waals surface area contributed by atoms with Gasteiger partial charge in [-0.25, -0.2) is 17.5 Å². The van der Waals surface area contributed by atoms with Gasteiger partial charge in [0.1, 0.15) is 5.82 Å². The highest BCUT2D eigenvalue weighted by Crippen LogP contribution is 2.24. The Balaban J connectivity index is 1.81. The SMILES string of the molecule is CN1CCN([C@H](CNS(=O)(=O)c2cccc(F)c2)c2ccc(N(C)C)cc2)CC1. The number of sulfonamides is 1. The molecule has 2 aromatic rings. The van der Waals surface area contributed by atoms with E-state index in [1.54, 1.807) is 0 Å². The van der Waals surface area contributed by atoms with Gasteiger partial charge in [-0.2, -0.15) is 0 Å². The molecule has 1 N–H and O–H groups in total. The van der Waals surface area contributed by atoms with E-state index in [-0.39, 0.29) is 17.5 Å². The minimum atomic E-state index is -3.79. The van der Waals surface area contributed by atoms with Crippen LogP contribution in [-0.2, 0) is 10.0 Å². The summed E-state index contributed by atoms with van der Waals surface area (Å²) in [4.78, 5) is 6.54. The second-order valence-electron chi connectivity index (χ2n) is 7.65. The lowest BCUT2D eigenvalue weighted by Gasteiger charge is -2.38. The molecule has 1 fully saturated rings. The predicted molar refractivity (Wildman–Crippen MR) is 114 cm³/mol. The smallest absolute Gasteiger partial charge is 0.240 e. The van der Waals surface area contributed by atoms with E-state index in [9.17, 15) is 12.8 Å². The molecule has 0 bridgehead atoms. The number of hydrogen-bond acceptors (Lipinski definition) is 5. The Morgan fingerprint density at radius 1 is 1.07 bits per heavy atom. The highest BCUT2D eigenvalue weighted by atomic mass is 32.2. The zero-order valence-electron chi connectivity index (χ0n) is 17.2. The van der Waals surface area contributed by atoms with Crippen molar-refractivity contribution in [1.82, 2.24) is 14.5 Å². The summed E-state index contributed by atoms with van der Waals surface area (Å²) in [5, 5.41) is 0. The maximum absolute atomic E-state index is 13.5. The van der Waals surface area contributed by atoms with Gasteiger partial charge < -0.3 is 9.80 Å². The van der Waals surface area contributed by atoms with Crippen LogP contribution >= 0.6 is 0 Å². The second kappa shape index (κ2) is 9.21. The summed E-state index contributed by atoms with van der Waals surface area (Å²) < 4.78 is 41.5. The van der Waals surface area contributed by atoms with Crippen LogP contribution < -0.4 is 9.62 Å². The van der Waals surface area contributed by atoms with Crippen LogP contribution in [0.1, 0.15) is 11.6 Å². The largest absolute Gasteiger partial charge is 0.378 e. The minimum Gasteiger partial charge on any atom is -0.378 e. The fourth-order valence-electron chi connectivity index (χ4n) is 3.49. The van der Waals surface area contributed by atoms with Crippen LogP contribution in [0.2, 0.25) is 0 Å². The minimum absolute atomic E-state index is 0.0578. The highest BCUT2D eigenvalue weighted by Gasteiger charge is 2.26. The van der Waals surface area contributed by atoms with Gasteiger partial charge in [-0.3, -0.25) is 4.90 Å². The van der Waals surface area contributed by atoms with Crippen molar-refractivity contribution in [3.8, 4) is 0 Å². The maximum atomic E-state index is 13.5. The van der Waals surface area contributed by atoms with Crippen LogP contribution in [0.5, 0.6) is 0 Å². The Labute approximate surface area is 173 Å². The molecule has 1 aliphatic heterocycles. The number of hydrogen-bond donors (Lipinski definition) is 1. The van der Waals surface area contributed by atoms with E-state index < -0.39 is 15.8 Å². The van der Waals surface area contributed by atoms with Gasteiger partial charge in [-0.1, -0.05) is 18.2 Å². The number of anilines is 1. The average molecular weight is 421 g/mol. The Morgan fingerprint density at radius 3 is 2.31 bits per heavy atom. The van der Waals surface area contributed by atoms with Crippen molar-refractivity contribution in [2.75, 3.05) is 58.8 Å². The molecule has 3 rings (SSSR count). The van der Waals surface area contributed by atoms with Gasteiger partial charge in [0, 0.05) is 58.5 Å². The molecule has 1 heterocycles. The Bertz CT molecular complexity index is 911. The molecule has 0 radical (unpaired) electrons. The topological polar surface area (TPSA) is 55.9 Å². The van der Waals surface area contributed by atoms with Gasteiger partial charge >= 0.3 is 0 Å².